The maximum atomic E-state index is 5.90. The van der Waals surface area contributed by atoms with Gasteiger partial charge in [-0.25, -0.2) is 0 Å². The van der Waals surface area contributed by atoms with Crippen LogP contribution in [-0.2, 0) is 6.42 Å². The minimum absolute atomic E-state index is 0.115. The van der Waals surface area contributed by atoms with Gasteiger partial charge in [0, 0.05) is 30.7 Å². The molecule has 2 aromatic rings. The zero-order chi connectivity index (χ0) is 14.4. The van der Waals surface area contributed by atoms with E-state index in [1.165, 1.54) is 5.56 Å². The van der Waals surface area contributed by atoms with E-state index in [-0.39, 0.29) is 6.10 Å². The predicted molar refractivity (Wildman–Crippen MR) is 83.0 cm³/mol. The number of nitrogens with one attached hydrogen (secondary N) is 1. The number of nitrogens with zero attached hydrogens (tertiary/aromatic N) is 1. The highest BCUT2D eigenvalue weighted by Gasteiger charge is 2.04. The number of nitrogen functional groups attached to an aromatic ring is 1. The predicted octanol–water partition coefficient (Wildman–Crippen LogP) is 3.11. The van der Waals surface area contributed by atoms with Crippen molar-refractivity contribution in [3.8, 4) is 5.75 Å². The van der Waals surface area contributed by atoms with Crippen LogP contribution in [0.3, 0.4) is 0 Å². The lowest BCUT2D eigenvalue weighted by Crippen LogP contribution is -2.09. The second-order valence-electron chi connectivity index (χ2n) is 4.95. The summed E-state index contributed by atoms with van der Waals surface area (Å²) < 4.78 is 5.68. The fourth-order valence-electron chi connectivity index (χ4n) is 1.90. The monoisotopic (exact) mass is 271 g/mol. The molecular formula is C16H21N3O. The second kappa shape index (κ2) is 6.80. The molecule has 2 rings (SSSR count). The Morgan fingerprint density at radius 1 is 1.20 bits per heavy atom. The number of rotatable bonds is 6. The number of hydrogen-bond acceptors (Lipinski definition) is 4. The Bertz CT molecular complexity index is 541. The third kappa shape index (κ3) is 4.16. The summed E-state index contributed by atoms with van der Waals surface area (Å²) in [4.78, 5) is 4.01. The van der Waals surface area contributed by atoms with E-state index in [1.54, 1.807) is 0 Å². The molecule has 0 bridgehead atoms. The van der Waals surface area contributed by atoms with Crippen LogP contribution in [0.25, 0.3) is 0 Å². The molecule has 0 atom stereocenters. The molecule has 4 nitrogen and oxygen atoms in total. The van der Waals surface area contributed by atoms with Crippen LogP contribution in [0.1, 0.15) is 19.4 Å². The molecule has 106 valence electrons. The zero-order valence-electron chi connectivity index (χ0n) is 12.0. The normalized spacial score (nSPS) is 10.6. The van der Waals surface area contributed by atoms with E-state index in [0.717, 1.165) is 24.4 Å². The SMILES string of the molecule is CC(C)Oc1cc(NCCc2ccncc2)ccc1N. The number of hydrogen-bond donors (Lipinski definition) is 2. The first-order valence-electron chi connectivity index (χ1n) is 6.84. The van der Waals surface area contributed by atoms with Gasteiger partial charge in [0.25, 0.3) is 0 Å². The van der Waals surface area contributed by atoms with E-state index >= 15 is 0 Å². The van der Waals surface area contributed by atoms with Gasteiger partial charge in [0.15, 0.2) is 0 Å². The standard InChI is InChI=1S/C16H21N3O/c1-12(2)20-16-11-14(3-4-15(16)17)19-10-7-13-5-8-18-9-6-13/h3-6,8-9,11-12,19H,7,10,17H2,1-2H3. The van der Waals surface area contributed by atoms with Crippen LogP contribution in [0, 0.1) is 0 Å². The third-order valence-corrected chi connectivity index (χ3v) is 2.87. The van der Waals surface area contributed by atoms with Crippen LogP contribution in [0.5, 0.6) is 5.75 Å². The highest BCUT2D eigenvalue weighted by Crippen LogP contribution is 2.26. The van der Waals surface area contributed by atoms with Crippen molar-refractivity contribution >= 4 is 11.4 Å². The van der Waals surface area contributed by atoms with Crippen LogP contribution < -0.4 is 15.8 Å². The molecule has 0 fully saturated rings. The van der Waals surface area contributed by atoms with Crippen LogP contribution in [0.4, 0.5) is 11.4 Å². The largest absolute Gasteiger partial charge is 0.489 e. The van der Waals surface area contributed by atoms with Gasteiger partial charge >= 0.3 is 0 Å². The lowest BCUT2D eigenvalue weighted by Gasteiger charge is -2.14. The van der Waals surface area contributed by atoms with E-state index in [2.05, 4.69) is 10.3 Å². The summed E-state index contributed by atoms with van der Waals surface area (Å²) in [6.45, 7) is 4.83. The second-order valence-corrected chi connectivity index (χ2v) is 4.95. The molecule has 0 amide bonds. The molecule has 0 spiro atoms. The van der Waals surface area contributed by atoms with Gasteiger partial charge in [-0.1, -0.05) is 0 Å². The molecule has 0 radical (unpaired) electrons. The average Bonchev–Trinajstić information content (AvgIpc) is 2.43. The van der Waals surface area contributed by atoms with Gasteiger partial charge in [0.1, 0.15) is 5.75 Å². The van der Waals surface area contributed by atoms with E-state index < -0.39 is 0 Å². The van der Waals surface area contributed by atoms with Crippen LogP contribution in [-0.4, -0.2) is 17.6 Å². The Balaban J connectivity index is 1.93. The number of anilines is 2. The van der Waals surface area contributed by atoms with E-state index in [9.17, 15) is 0 Å². The molecule has 0 aliphatic carbocycles. The first kappa shape index (κ1) is 14.2. The Kier molecular flexibility index (Phi) is 4.82. The molecule has 0 saturated heterocycles. The topological polar surface area (TPSA) is 60.2 Å². The van der Waals surface area contributed by atoms with Crippen molar-refractivity contribution in [3.05, 3.63) is 48.3 Å². The number of benzene rings is 1. The van der Waals surface area contributed by atoms with Gasteiger partial charge < -0.3 is 15.8 Å². The summed E-state index contributed by atoms with van der Waals surface area (Å²) in [5.41, 5.74) is 8.85. The first-order chi connectivity index (χ1) is 9.65. The minimum Gasteiger partial charge on any atom is -0.489 e. The van der Waals surface area contributed by atoms with Crippen molar-refractivity contribution < 1.29 is 4.74 Å². The van der Waals surface area contributed by atoms with Gasteiger partial charge in [-0.2, -0.15) is 0 Å². The Morgan fingerprint density at radius 2 is 1.95 bits per heavy atom. The maximum Gasteiger partial charge on any atom is 0.144 e. The summed E-state index contributed by atoms with van der Waals surface area (Å²) in [6, 6.07) is 9.83. The summed E-state index contributed by atoms with van der Waals surface area (Å²) >= 11 is 0. The fraction of sp³-hybridized carbons (Fsp3) is 0.312. The zero-order valence-corrected chi connectivity index (χ0v) is 12.0. The van der Waals surface area contributed by atoms with Crippen molar-refractivity contribution in [2.45, 2.75) is 26.4 Å². The van der Waals surface area contributed by atoms with Crippen LogP contribution in [0.2, 0.25) is 0 Å². The summed E-state index contributed by atoms with van der Waals surface area (Å²) in [5, 5.41) is 3.38. The average molecular weight is 271 g/mol. The van der Waals surface area contributed by atoms with Gasteiger partial charge in [0.05, 0.1) is 11.8 Å². The maximum absolute atomic E-state index is 5.90. The van der Waals surface area contributed by atoms with Crippen molar-refractivity contribution in [1.29, 1.82) is 0 Å². The van der Waals surface area contributed by atoms with Crippen molar-refractivity contribution in [1.82, 2.24) is 4.98 Å². The number of aromatic nitrogens is 1. The molecule has 0 saturated carbocycles. The van der Waals surface area contributed by atoms with E-state index in [4.69, 9.17) is 10.5 Å². The quantitative estimate of drug-likeness (QED) is 0.793. The molecule has 1 heterocycles. The van der Waals surface area contributed by atoms with Crippen LogP contribution in [0.15, 0.2) is 42.7 Å². The molecule has 0 aliphatic rings. The van der Waals surface area contributed by atoms with Gasteiger partial charge in [-0.05, 0) is 50.1 Å². The molecule has 3 N–H and O–H groups in total. The van der Waals surface area contributed by atoms with Gasteiger partial charge in [-0.15, -0.1) is 0 Å². The molecule has 1 aromatic carbocycles. The Labute approximate surface area is 120 Å². The van der Waals surface area contributed by atoms with Gasteiger partial charge in [0.2, 0.25) is 0 Å². The third-order valence-electron chi connectivity index (χ3n) is 2.87. The summed E-state index contributed by atoms with van der Waals surface area (Å²) in [6.07, 6.45) is 4.69. The highest BCUT2D eigenvalue weighted by molar-refractivity contribution is 5.61. The van der Waals surface area contributed by atoms with Crippen LogP contribution >= 0.6 is 0 Å². The Morgan fingerprint density at radius 3 is 2.65 bits per heavy atom. The highest BCUT2D eigenvalue weighted by atomic mass is 16.5. The number of ether oxygens (including phenoxy) is 1. The minimum atomic E-state index is 0.115. The molecule has 20 heavy (non-hydrogen) atoms. The molecule has 1 aromatic heterocycles. The van der Waals surface area contributed by atoms with Crippen molar-refractivity contribution in [2.75, 3.05) is 17.6 Å². The van der Waals surface area contributed by atoms with Crippen molar-refractivity contribution in [2.24, 2.45) is 0 Å². The summed E-state index contributed by atoms with van der Waals surface area (Å²) in [5.74, 6) is 0.730. The lowest BCUT2D eigenvalue weighted by molar-refractivity contribution is 0.244. The lowest BCUT2D eigenvalue weighted by atomic mass is 10.2. The van der Waals surface area contributed by atoms with E-state index in [0.29, 0.717) is 5.69 Å². The van der Waals surface area contributed by atoms with E-state index in [1.807, 2.05) is 56.6 Å². The molecule has 0 unspecified atom stereocenters. The molecular weight excluding hydrogens is 250 g/mol. The smallest absolute Gasteiger partial charge is 0.144 e. The Hall–Kier alpha value is -2.23. The van der Waals surface area contributed by atoms with Gasteiger partial charge in [-0.3, -0.25) is 4.98 Å². The fourth-order valence-corrected chi connectivity index (χ4v) is 1.90. The number of nitrogens with two attached hydrogens (primary N) is 1. The van der Waals surface area contributed by atoms with Crippen molar-refractivity contribution in [3.63, 3.8) is 0 Å². The molecule has 0 aliphatic heterocycles. The first-order valence-corrected chi connectivity index (χ1v) is 6.84. The summed E-state index contributed by atoms with van der Waals surface area (Å²) in [7, 11) is 0. The number of pyridine rings is 1. The molecule has 4 heteroatoms.